The number of anilines is 2. The Morgan fingerprint density at radius 1 is 0.969 bits per heavy atom. The Labute approximate surface area is 188 Å². The number of benzene rings is 2. The summed E-state index contributed by atoms with van der Waals surface area (Å²) in [4.78, 5) is 9.17. The third-order valence-electron chi connectivity index (χ3n) is 6.08. The van der Waals surface area contributed by atoms with Crippen molar-refractivity contribution in [1.29, 1.82) is 0 Å². The van der Waals surface area contributed by atoms with E-state index in [0.717, 1.165) is 43.1 Å². The summed E-state index contributed by atoms with van der Waals surface area (Å²) in [7, 11) is -1.96. The van der Waals surface area contributed by atoms with Crippen molar-refractivity contribution in [2.75, 3.05) is 31.2 Å². The van der Waals surface area contributed by atoms with Crippen molar-refractivity contribution < 1.29 is 13.2 Å². The summed E-state index contributed by atoms with van der Waals surface area (Å²) in [5, 5.41) is 4.18. The first-order valence-corrected chi connectivity index (χ1v) is 12.3. The van der Waals surface area contributed by atoms with Gasteiger partial charge in [-0.1, -0.05) is 12.1 Å². The molecule has 8 nitrogen and oxygen atoms in total. The zero-order chi connectivity index (χ0) is 22.6. The van der Waals surface area contributed by atoms with Crippen molar-refractivity contribution in [3.8, 4) is 5.75 Å². The average Bonchev–Trinajstić information content (AvgIpc) is 2.82. The predicted octanol–water partition coefficient (Wildman–Crippen LogP) is 3.42. The van der Waals surface area contributed by atoms with Crippen LogP contribution in [0.5, 0.6) is 5.75 Å². The Kier molecular flexibility index (Phi) is 6.76. The van der Waals surface area contributed by atoms with Crippen LogP contribution in [0.2, 0.25) is 0 Å². The van der Waals surface area contributed by atoms with E-state index >= 15 is 0 Å². The van der Waals surface area contributed by atoms with Gasteiger partial charge in [-0.2, -0.15) is 4.98 Å². The number of rotatable bonds is 8. The maximum absolute atomic E-state index is 12.5. The largest absolute Gasteiger partial charge is 0.497 e. The lowest BCUT2D eigenvalue weighted by Gasteiger charge is -2.28. The molecule has 0 amide bonds. The van der Waals surface area contributed by atoms with Gasteiger partial charge in [0.05, 0.1) is 17.5 Å². The average molecular weight is 456 g/mol. The van der Waals surface area contributed by atoms with Crippen LogP contribution in [0.15, 0.2) is 53.4 Å². The second-order valence-corrected chi connectivity index (χ2v) is 10.0. The number of hydrogen-bond acceptors (Lipinski definition) is 7. The fourth-order valence-corrected chi connectivity index (χ4v) is 5.24. The number of hydrogen-bond donors (Lipinski definition) is 3. The first-order chi connectivity index (χ1) is 15.4. The molecule has 0 unspecified atom stereocenters. The summed E-state index contributed by atoms with van der Waals surface area (Å²) >= 11 is 0. The van der Waals surface area contributed by atoms with E-state index in [4.69, 9.17) is 10.5 Å². The van der Waals surface area contributed by atoms with Crippen LogP contribution in [-0.4, -0.2) is 38.6 Å². The second kappa shape index (κ2) is 9.70. The SMILES string of the molecule is COc1ccc(S(=O)(=O)NCC2CCC(CNc3nc(N)c4ccccc4n3)CC2)cc1. The van der Waals surface area contributed by atoms with E-state index in [0.29, 0.717) is 35.9 Å². The number of ether oxygens (including phenoxy) is 1. The molecule has 0 aliphatic heterocycles. The van der Waals surface area contributed by atoms with Gasteiger partial charge in [0.15, 0.2) is 0 Å². The van der Waals surface area contributed by atoms with Gasteiger partial charge in [-0.3, -0.25) is 0 Å². The standard InChI is InChI=1S/C23H29N5O3S/c1-31-18-10-12-19(13-11-18)32(29,30)26-15-17-8-6-16(7-9-17)14-25-23-27-21-5-3-2-4-20(21)22(24)28-23/h2-5,10-13,16-17,26H,6-9,14-15H2,1H3,(H3,24,25,27,28). The van der Waals surface area contributed by atoms with Crippen LogP contribution in [0.1, 0.15) is 25.7 Å². The highest BCUT2D eigenvalue weighted by Crippen LogP contribution is 2.29. The molecule has 0 bridgehead atoms. The quantitative estimate of drug-likeness (QED) is 0.476. The molecule has 1 heterocycles. The van der Waals surface area contributed by atoms with Crippen LogP contribution in [0.3, 0.4) is 0 Å². The summed E-state index contributed by atoms with van der Waals surface area (Å²) in [5.74, 6) is 2.50. The number of aromatic nitrogens is 2. The van der Waals surface area contributed by atoms with Crippen LogP contribution in [0.25, 0.3) is 10.9 Å². The molecule has 1 aliphatic carbocycles. The third-order valence-corrected chi connectivity index (χ3v) is 7.52. The van der Waals surface area contributed by atoms with Gasteiger partial charge in [-0.05, 0) is 73.9 Å². The highest BCUT2D eigenvalue weighted by Gasteiger charge is 2.23. The number of nitrogen functional groups attached to an aromatic ring is 1. The molecule has 1 saturated carbocycles. The van der Waals surface area contributed by atoms with Gasteiger partial charge in [-0.15, -0.1) is 0 Å². The number of fused-ring (bicyclic) bond motifs is 1. The number of nitrogens with two attached hydrogens (primary N) is 1. The number of nitrogens with zero attached hydrogens (tertiary/aromatic N) is 2. The van der Waals surface area contributed by atoms with Crippen LogP contribution < -0.4 is 20.5 Å². The summed E-state index contributed by atoms with van der Waals surface area (Å²) in [6, 6.07) is 14.1. The van der Waals surface area contributed by atoms with E-state index in [-0.39, 0.29) is 4.90 Å². The maximum atomic E-state index is 12.5. The lowest BCUT2D eigenvalue weighted by atomic mass is 9.82. The lowest BCUT2D eigenvalue weighted by molar-refractivity contribution is 0.284. The molecule has 3 aromatic rings. The molecule has 1 aromatic heterocycles. The molecule has 9 heteroatoms. The third kappa shape index (κ3) is 5.28. The molecule has 4 N–H and O–H groups in total. The molecule has 1 aliphatic rings. The zero-order valence-corrected chi connectivity index (χ0v) is 18.9. The van der Waals surface area contributed by atoms with Crippen molar-refractivity contribution in [1.82, 2.24) is 14.7 Å². The molecule has 0 atom stereocenters. The van der Waals surface area contributed by atoms with E-state index in [9.17, 15) is 8.42 Å². The van der Waals surface area contributed by atoms with Gasteiger partial charge in [-0.25, -0.2) is 18.1 Å². The van der Waals surface area contributed by atoms with Gasteiger partial charge in [0, 0.05) is 18.5 Å². The number of methoxy groups -OCH3 is 1. The van der Waals surface area contributed by atoms with E-state index < -0.39 is 10.0 Å². The minimum atomic E-state index is -3.51. The minimum Gasteiger partial charge on any atom is -0.497 e. The van der Waals surface area contributed by atoms with Crippen molar-refractivity contribution in [3.05, 3.63) is 48.5 Å². The van der Waals surface area contributed by atoms with Crippen LogP contribution in [0.4, 0.5) is 11.8 Å². The Morgan fingerprint density at radius 3 is 2.31 bits per heavy atom. The van der Waals surface area contributed by atoms with E-state index in [1.807, 2.05) is 24.3 Å². The Hall–Kier alpha value is -2.91. The summed E-state index contributed by atoms with van der Waals surface area (Å²) < 4.78 is 32.9. The number of sulfonamides is 1. The first kappa shape index (κ1) is 22.3. The van der Waals surface area contributed by atoms with E-state index in [2.05, 4.69) is 20.0 Å². The summed E-state index contributed by atoms with van der Waals surface area (Å²) in [6.45, 7) is 1.24. The minimum absolute atomic E-state index is 0.255. The molecule has 1 fully saturated rings. The molecule has 2 aromatic carbocycles. The van der Waals surface area contributed by atoms with E-state index in [1.54, 1.807) is 31.4 Å². The number of para-hydroxylation sites is 1. The molecular formula is C23H29N5O3S. The fourth-order valence-electron chi connectivity index (χ4n) is 4.12. The number of nitrogens with one attached hydrogen (secondary N) is 2. The first-order valence-electron chi connectivity index (χ1n) is 10.8. The molecular weight excluding hydrogens is 426 g/mol. The van der Waals surface area contributed by atoms with Gasteiger partial charge < -0.3 is 15.8 Å². The predicted molar refractivity (Wildman–Crippen MR) is 126 cm³/mol. The van der Waals surface area contributed by atoms with Crippen molar-refractivity contribution in [2.45, 2.75) is 30.6 Å². The second-order valence-electron chi connectivity index (χ2n) is 8.24. The highest BCUT2D eigenvalue weighted by atomic mass is 32.2. The molecule has 170 valence electrons. The monoisotopic (exact) mass is 455 g/mol. The highest BCUT2D eigenvalue weighted by molar-refractivity contribution is 7.89. The molecule has 32 heavy (non-hydrogen) atoms. The van der Waals surface area contributed by atoms with E-state index in [1.165, 1.54) is 0 Å². The Morgan fingerprint density at radius 2 is 1.62 bits per heavy atom. The fraction of sp³-hybridized carbons (Fsp3) is 0.391. The normalized spacial score (nSPS) is 19.0. The molecule has 4 rings (SSSR count). The topological polar surface area (TPSA) is 119 Å². The Bertz CT molecular complexity index is 1160. The van der Waals surface area contributed by atoms with Gasteiger partial charge in [0.1, 0.15) is 11.6 Å². The maximum Gasteiger partial charge on any atom is 0.240 e. The summed E-state index contributed by atoms with van der Waals surface area (Å²) in [6.07, 6.45) is 4.03. The smallest absolute Gasteiger partial charge is 0.240 e. The van der Waals surface area contributed by atoms with Gasteiger partial charge in [0.25, 0.3) is 0 Å². The zero-order valence-electron chi connectivity index (χ0n) is 18.1. The van der Waals surface area contributed by atoms with Crippen molar-refractivity contribution in [2.24, 2.45) is 11.8 Å². The van der Waals surface area contributed by atoms with Crippen LogP contribution in [-0.2, 0) is 10.0 Å². The van der Waals surface area contributed by atoms with Crippen molar-refractivity contribution >= 4 is 32.7 Å². The van der Waals surface area contributed by atoms with Gasteiger partial charge >= 0.3 is 0 Å². The lowest BCUT2D eigenvalue weighted by Crippen LogP contribution is -2.32. The molecule has 0 radical (unpaired) electrons. The van der Waals surface area contributed by atoms with Crippen LogP contribution >= 0.6 is 0 Å². The Balaban J connectivity index is 1.24. The van der Waals surface area contributed by atoms with Crippen LogP contribution in [0, 0.1) is 11.8 Å². The summed E-state index contributed by atoms with van der Waals surface area (Å²) in [5.41, 5.74) is 6.88. The molecule has 0 saturated heterocycles. The van der Waals surface area contributed by atoms with Crippen molar-refractivity contribution in [3.63, 3.8) is 0 Å². The molecule has 0 spiro atoms. The van der Waals surface area contributed by atoms with Gasteiger partial charge in [0.2, 0.25) is 16.0 Å².